The van der Waals surface area contributed by atoms with Crippen LogP contribution in [0.1, 0.15) is 107 Å². The quantitative estimate of drug-likeness (QED) is 0.131. The highest BCUT2D eigenvalue weighted by Gasteiger charge is 2.57. The molecule has 41 heavy (non-hydrogen) atoms. The Morgan fingerprint density at radius 3 is 2.34 bits per heavy atom. The number of Topliss-reactive ketones (excluding diaryl/α,β-unsaturated/α-hetero) is 1. The Balaban J connectivity index is 1.16. The molecule has 230 valence electrons. The molecule has 0 spiro atoms. The molecule has 0 saturated heterocycles. The van der Waals surface area contributed by atoms with E-state index in [0.717, 1.165) is 82.0 Å². The fourth-order valence-electron chi connectivity index (χ4n) is 7.91. The Hall–Kier alpha value is -1.57. The molecule has 3 aliphatic carbocycles. The number of fused-ring (bicyclic) bond motifs is 5. The number of benzene rings is 1. The molecular weight excluding hydrogens is 555 g/mol. The van der Waals surface area contributed by atoms with E-state index in [-0.39, 0.29) is 17.6 Å². The topological polar surface area (TPSA) is 37.3 Å². The van der Waals surface area contributed by atoms with E-state index in [2.05, 4.69) is 19.6 Å². The molecule has 3 aliphatic rings. The van der Waals surface area contributed by atoms with Crippen LogP contribution in [-0.4, -0.2) is 34.5 Å². The van der Waals surface area contributed by atoms with Gasteiger partial charge in [0.2, 0.25) is 0 Å². The predicted molar refractivity (Wildman–Crippen MR) is 156 cm³/mol. The van der Waals surface area contributed by atoms with Crippen molar-refractivity contribution in [1.82, 2.24) is 0 Å². The molecule has 0 bridgehead atoms. The molecule has 0 aromatic heterocycles. The van der Waals surface area contributed by atoms with Crippen molar-refractivity contribution in [3.05, 3.63) is 41.5 Å². The van der Waals surface area contributed by atoms with Crippen LogP contribution in [0.2, 0.25) is 0 Å². The molecule has 5 atom stereocenters. The number of unbranched alkanes of at least 4 members (excludes halogenated alkanes) is 6. The highest BCUT2D eigenvalue weighted by molar-refractivity contribution is 7.99. The third kappa shape index (κ3) is 7.33. The molecule has 2 nitrogen and oxygen atoms in total. The fraction of sp³-hybridized carbons (Fsp3) is 0.727. The zero-order valence-corrected chi connectivity index (χ0v) is 25.0. The van der Waals surface area contributed by atoms with Gasteiger partial charge < -0.3 is 5.11 Å². The predicted octanol–water partition coefficient (Wildman–Crippen LogP) is 10.0. The summed E-state index contributed by atoms with van der Waals surface area (Å²) in [6.07, 6.45) is 5.82. The van der Waals surface area contributed by atoms with Crippen LogP contribution >= 0.6 is 11.8 Å². The van der Waals surface area contributed by atoms with Gasteiger partial charge in [-0.3, -0.25) is 4.79 Å². The molecule has 3 unspecified atom stereocenters. The molecule has 1 aromatic carbocycles. The lowest BCUT2D eigenvalue weighted by atomic mass is 9.52. The third-order valence-electron chi connectivity index (χ3n) is 10.3. The van der Waals surface area contributed by atoms with Crippen LogP contribution in [0.25, 0.3) is 0 Å². The number of phenolic OH excluding ortho intramolecular Hbond substituents is 1. The number of thioether (sulfide) groups is 1. The van der Waals surface area contributed by atoms with Crippen molar-refractivity contribution in [2.45, 2.75) is 115 Å². The number of rotatable bonds is 14. The van der Waals surface area contributed by atoms with E-state index >= 15 is 0 Å². The normalized spacial score (nSPS) is 28.0. The van der Waals surface area contributed by atoms with Crippen LogP contribution in [0.15, 0.2) is 30.4 Å². The van der Waals surface area contributed by atoms with Gasteiger partial charge in [-0.1, -0.05) is 58.1 Å². The first-order valence-corrected chi connectivity index (χ1v) is 16.6. The maximum absolute atomic E-state index is 12.9. The molecule has 1 N–H and O–H groups in total. The van der Waals surface area contributed by atoms with E-state index < -0.39 is 18.5 Å². The summed E-state index contributed by atoms with van der Waals surface area (Å²) in [6.45, 7) is 6.47. The average Bonchev–Trinajstić information content (AvgIpc) is 3.14. The number of hydrogen-bond acceptors (Lipinski definition) is 3. The summed E-state index contributed by atoms with van der Waals surface area (Å²) < 4.78 is 62.4. The number of alkyl halides is 5. The van der Waals surface area contributed by atoms with Gasteiger partial charge in [0.25, 0.3) is 0 Å². The minimum atomic E-state index is -5.45. The van der Waals surface area contributed by atoms with Gasteiger partial charge in [0, 0.05) is 12.8 Å². The van der Waals surface area contributed by atoms with E-state index in [9.17, 15) is 31.9 Å². The van der Waals surface area contributed by atoms with Gasteiger partial charge in [0.1, 0.15) is 5.75 Å². The molecule has 1 aromatic rings. The van der Waals surface area contributed by atoms with Gasteiger partial charge in [-0.25, -0.2) is 0 Å². The van der Waals surface area contributed by atoms with Crippen LogP contribution in [0.4, 0.5) is 22.0 Å². The molecular formula is C33H45F5O2S. The number of phenols is 1. The van der Waals surface area contributed by atoms with E-state index in [1.165, 1.54) is 22.9 Å². The Labute approximate surface area is 245 Å². The Kier molecular flexibility index (Phi) is 10.6. The van der Waals surface area contributed by atoms with Gasteiger partial charge in [0.15, 0.2) is 5.78 Å². The zero-order chi connectivity index (χ0) is 29.8. The first kappa shape index (κ1) is 32.3. The number of ketones is 1. The van der Waals surface area contributed by atoms with E-state index in [4.69, 9.17) is 0 Å². The molecule has 0 aliphatic heterocycles. The van der Waals surface area contributed by atoms with Crippen molar-refractivity contribution in [3.8, 4) is 5.75 Å². The third-order valence-corrected chi connectivity index (χ3v) is 11.4. The second kappa shape index (κ2) is 13.4. The average molecular weight is 601 g/mol. The highest BCUT2D eigenvalue weighted by Crippen LogP contribution is 2.63. The molecule has 0 radical (unpaired) electrons. The smallest absolute Gasteiger partial charge is 0.453 e. The molecule has 2 saturated carbocycles. The number of carbonyl (C=O) groups excluding carboxylic acids is 1. The summed E-state index contributed by atoms with van der Waals surface area (Å²) in [4.78, 5) is 12.8. The summed E-state index contributed by atoms with van der Waals surface area (Å²) in [5, 5.41) is 10.2. The van der Waals surface area contributed by atoms with Crippen molar-refractivity contribution < 1.29 is 31.9 Å². The minimum Gasteiger partial charge on any atom is -0.508 e. The van der Waals surface area contributed by atoms with Crippen LogP contribution in [0, 0.1) is 23.2 Å². The lowest BCUT2D eigenvalue weighted by Crippen LogP contribution is -2.44. The van der Waals surface area contributed by atoms with Crippen molar-refractivity contribution in [2.75, 3.05) is 11.5 Å². The first-order chi connectivity index (χ1) is 19.3. The zero-order valence-electron chi connectivity index (χ0n) is 24.2. The van der Waals surface area contributed by atoms with Gasteiger partial charge >= 0.3 is 12.1 Å². The number of aromatic hydroxyl groups is 1. The van der Waals surface area contributed by atoms with Crippen molar-refractivity contribution >= 4 is 17.5 Å². The van der Waals surface area contributed by atoms with E-state index in [1.807, 2.05) is 6.07 Å². The SMILES string of the molecule is C=C1C(=O)CC2C3C(CC[C@]12C)c1ccc(O)cc1C[C@H]3CCCCCCCCCSCCCC(F)(F)C(F)(F)F. The highest BCUT2D eigenvalue weighted by atomic mass is 32.2. The Morgan fingerprint density at radius 1 is 0.976 bits per heavy atom. The monoisotopic (exact) mass is 600 g/mol. The lowest BCUT2D eigenvalue weighted by Gasteiger charge is -2.52. The standard InChI is InChI=1S/C33H45F5O2S/c1-22-29(40)21-28-30-23(19-24-20-25(39)12-13-26(24)27(30)14-16-31(22,28)2)11-8-6-4-3-5-7-9-17-41-18-10-15-32(34,35)33(36,37)38/h12-13,20,23,27-28,30,39H,1,3-11,14-19,21H2,2H3/t23-,27?,28?,30?,31-/m1/s1. The summed E-state index contributed by atoms with van der Waals surface area (Å²) in [5.74, 6) is -1.09. The van der Waals surface area contributed by atoms with Crippen molar-refractivity contribution in [1.29, 1.82) is 0 Å². The fourth-order valence-corrected chi connectivity index (χ4v) is 8.87. The number of hydrogen-bond donors (Lipinski definition) is 1. The molecule has 4 rings (SSSR count). The number of carbonyl (C=O) groups is 1. The molecule has 2 fully saturated rings. The number of allylic oxidation sites excluding steroid dienone is 1. The second-order valence-corrected chi connectivity index (χ2v) is 14.1. The second-order valence-electron chi connectivity index (χ2n) is 12.9. The largest absolute Gasteiger partial charge is 0.508 e. The Morgan fingerprint density at radius 2 is 1.63 bits per heavy atom. The summed E-state index contributed by atoms with van der Waals surface area (Å²) >= 11 is 1.46. The van der Waals surface area contributed by atoms with Crippen LogP contribution in [0.3, 0.4) is 0 Å². The van der Waals surface area contributed by atoms with Gasteiger partial charge in [-0.05, 0) is 108 Å². The molecule has 8 heteroatoms. The van der Waals surface area contributed by atoms with E-state index in [0.29, 0.717) is 41.6 Å². The summed E-state index contributed by atoms with van der Waals surface area (Å²) in [7, 11) is 0. The maximum atomic E-state index is 12.9. The van der Waals surface area contributed by atoms with Crippen LogP contribution in [-0.2, 0) is 11.2 Å². The molecule has 0 amide bonds. The Bertz CT molecular complexity index is 1070. The number of halogens is 5. The first-order valence-electron chi connectivity index (χ1n) is 15.4. The van der Waals surface area contributed by atoms with Crippen LogP contribution < -0.4 is 0 Å². The molecule has 0 heterocycles. The lowest BCUT2D eigenvalue weighted by molar-refractivity contribution is -0.284. The summed E-state index contributed by atoms with van der Waals surface area (Å²) in [5.41, 5.74) is 3.39. The van der Waals surface area contributed by atoms with Gasteiger partial charge in [-0.15, -0.1) is 0 Å². The van der Waals surface area contributed by atoms with Gasteiger partial charge in [0.05, 0.1) is 0 Å². The van der Waals surface area contributed by atoms with E-state index in [1.54, 1.807) is 6.07 Å². The van der Waals surface area contributed by atoms with Crippen LogP contribution in [0.5, 0.6) is 5.75 Å². The minimum absolute atomic E-state index is 0.0860. The summed E-state index contributed by atoms with van der Waals surface area (Å²) in [6, 6.07) is 5.86. The van der Waals surface area contributed by atoms with Crippen molar-refractivity contribution in [3.63, 3.8) is 0 Å². The maximum Gasteiger partial charge on any atom is 0.453 e. The van der Waals surface area contributed by atoms with Gasteiger partial charge in [-0.2, -0.15) is 33.7 Å². The van der Waals surface area contributed by atoms with Crippen molar-refractivity contribution in [2.24, 2.45) is 23.2 Å².